The number of carbonyl (C=O) groups excluding carboxylic acids is 1. The zero-order valence-electron chi connectivity index (χ0n) is 14.6. The smallest absolute Gasteiger partial charge is 0.243 e. The number of rotatable bonds is 6. The lowest BCUT2D eigenvalue weighted by atomic mass is 10.0. The maximum atomic E-state index is 12.4. The van der Waals surface area contributed by atoms with E-state index in [9.17, 15) is 13.2 Å². The Hall–Kier alpha value is -1.44. The Balaban J connectivity index is 1.96. The Morgan fingerprint density at radius 3 is 2.50 bits per heavy atom. The predicted molar refractivity (Wildman–Crippen MR) is 94.0 cm³/mol. The van der Waals surface area contributed by atoms with Crippen LogP contribution in [0.1, 0.15) is 38.7 Å². The normalized spacial score (nSPS) is 18.8. The molecular formula is C17H27N3O3S. The average Bonchev–Trinajstić information content (AvgIpc) is 2.60. The van der Waals surface area contributed by atoms with E-state index in [1.54, 1.807) is 31.3 Å². The fraction of sp³-hybridized carbons (Fsp3) is 0.588. The Morgan fingerprint density at radius 1 is 1.29 bits per heavy atom. The molecule has 0 spiro atoms. The molecule has 24 heavy (non-hydrogen) atoms. The fourth-order valence-corrected chi connectivity index (χ4v) is 3.98. The molecule has 1 aromatic carbocycles. The van der Waals surface area contributed by atoms with Gasteiger partial charge in [0.25, 0.3) is 0 Å². The molecule has 0 radical (unpaired) electrons. The van der Waals surface area contributed by atoms with Crippen LogP contribution in [0, 0.1) is 0 Å². The molecule has 1 fully saturated rings. The summed E-state index contributed by atoms with van der Waals surface area (Å²) in [6.07, 6.45) is 3.05. The highest BCUT2D eigenvalue weighted by molar-refractivity contribution is 7.89. The van der Waals surface area contributed by atoms with E-state index in [-0.39, 0.29) is 22.9 Å². The van der Waals surface area contributed by atoms with Crippen molar-refractivity contribution < 1.29 is 13.2 Å². The van der Waals surface area contributed by atoms with Gasteiger partial charge in [0, 0.05) is 19.6 Å². The van der Waals surface area contributed by atoms with Gasteiger partial charge in [-0.05, 0) is 50.9 Å². The molecule has 1 aliphatic rings. The molecule has 0 aliphatic carbocycles. The van der Waals surface area contributed by atoms with Crippen molar-refractivity contribution in [1.82, 2.24) is 14.9 Å². The average molecular weight is 353 g/mol. The van der Waals surface area contributed by atoms with E-state index < -0.39 is 10.0 Å². The molecule has 6 nitrogen and oxygen atoms in total. The highest BCUT2D eigenvalue weighted by Crippen LogP contribution is 2.17. The molecule has 1 saturated heterocycles. The number of nitrogens with zero attached hydrogens (tertiary/aromatic N) is 1. The monoisotopic (exact) mass is 353 g/mol. The molecule has 1 atom stereocenters. The molecule has 0 saturated carbocycles. The van der Waals surface area contributed by atoms with E-state index in [4.69, 9.17) is 0 Å². The number of nitrogens with one attached hydrogen (secondary N) is 2. The van der Waals surface area contributed by atoms with Gasteiger partial charge in [0.2, 0.25) is 15.9 Å². The molecule has 2 N–H and O–H groups in total. The van der Waals surface area contributed by atoms with Gasteiger partial charge in [-0.3, -0.25) is 4.79 Å². The standard InChI is InChI=1S/C17H27N3O3S/c1-13(2)20(3)24(22,23)15-9-7-14(8-10-15)12-19-17(21)16-6-4-5-11-18-16/h7-10,13,16,18H,4-6,11-12H2,1-3H3,(H,19,21). The highest BCUT2D eigenvalue weighted by atomic mass is 32.2. The van der Waals surface area contributed by atoms with Crippen molar-refractivity contribution in [3.05, 3.63) is 29.8 Å². The van der Waals surface area contributed by atoms with Crippen molar-refractivity contribution in [3.63, 3.8) is 0 Å². The second-order valence-corrected chi connectivity index (χ2v) is 8.48. The first kappa shape index (κ1) is 18.9. The maximum absolute atomic E-state index is 12.4. The Kier molecular flexibility index (Phi) is 6.37. The van der Waals surface area contributed by atoms with Gasteiger partial charge in [-0.15, -0.1) is 0 Å². The molecule has 0 bridgehead atoms. The van der Waals surface area contributed by atoms with Crippen molar-refractivity contribution in [3.8, 4) is 0 Å². The molecule has 1 amide bonds. The number of piperidine rings is 1. The summed E-state index contributed by atoms with van der Waals surface area (Å²) in [6.45, 7) is 4.95. The number of benzene rings is 1. The third kappa shape index (κ3) is 4.55. The first-order valence-electron chi connectivity index (χ1n) is 8.40. The van der Waals surface area contributed by atoms with Crippen LogP contribution in [0.25, 0.3) is 0 Å². The Labute approximate surface area is 144 Å². The lowest BCUT2D eigenvalue weighted by Crippen LogP contribution is -2.46. The second-order valence-electron chi connectivity index (χ2n) is 6.48. The highest BCUT2D eigenvalue weighted by Gasteiger charge is 2.23. The summed E-state index contributed by atoms with van der Waals surface area (Å²) in [5, 5.41) is 6.12. The van der Waals surface area contributed by atoms with Crippen LogP contribution in [0.15, 0.2) is 29.2 Å². The molecular weight excluding hydrogens is 326 g/mol. The summed E-state index contributed by atoms with van der Waals surface area (Å²) in [7, 11) is -1.89. The molecule has 0 aromatic heterocycles. The van der Waals surface area contributed by atoms with E-state index in [1.807, 2.05) is 13.8 Å². The number of hydrogen-bond donors (Lipinski definition) is 2. The third-order valence-electron chi connectivity index (χ3n) is 4.42. The van der Waals surface area contributed by atoms with Crippen LogP contribution in [0.5, 0.6) is 0 Å². The SMILES string of the molecule is CC(C)N(C)S(=O)(=O)c1ccc(CNC(=O)C2CCCCN2)cc1. The molecule has 1 aliphatic heterocycles. The Bertz CT molecular complexity index is 650. The van der Waals surface area contributed by atoms with Crippen LogP contribution in [-0.2, 0) is 21.4 Å². The summed E-state index contributed by atoms with van der Waals surface area (Å²) in [5.74, 6) is 0.00550. The van der Waals surface area contributed by atoms with Crippen LogP contribution in [0.3, 0.4) is 0 Å². The van der Waals surface area contributed by atoms with Crippen LogP contribution in [0.2, 0.25) is 0 Å². The van der Waals surface area contributed by atoms with Gasteiger partial charge < -0.3 is 10.6 Å². The summed E-state index contributed by atoms with van der Waals surface area (Å²) >= 11 is 0. The topological polar surface area (TPSA) is 78.5 Å². The predicted octanol–water partition coefficient (Wildman–Crippen LogP) is 1.47. The zero-order valence-corrected chi connectivity index (χ0v) is 15.4. The van der Waals surface area contributed by atoms with Gasteiger partial charge in [-0.1, -0.05) is 18.6 Å². The summed E-state index contributed by atoms with van der Waals surface area (Å²) in [5.41, 5.74) is 0.880. The number of carbonyl (C=O) groups is 1. The second kappa shape index (κ2) is 8.09. The first-order chi connectivity index (χ1) is 11.3. The summed E-state index contributed by atoms with van der Waals surface area (Å²) in [6, 6.07) is 6.46. The molecule has 134 valence electrons. The molecule has 7 heteroatoms. The fourth-order valence-electron chi connectivity index (χ4n) is 2.61. The molecule has 2 rings (SSSR count). The molecule has 1 aromatic rings. The van der Waals surface area contributed by atoms with Gasteiger partial charge in [0.15, 0.2) is 0 Å². The van der Waals surface area contributed by atoms with Crippen LogP contribution >= 0.6 is 0 Å². The summed E-state index contributed by atoms with van der Waals surface area (Å²) < 4.78 is 26.2. The van der Waals surface area contributed by atoms with Crippen molar-refractivity contribution in [2.45, 2.75) is 56.6 Å². The summed E-state index contributed by atoms with van der Waals surface area (Å²) in [4.78, 5) is 12.4. The number of amides is 1. The van der Waals surface area contributed by atoms with Crippen molar-refractivity contribution in [2.75, 3.05) is 13.6 Å². The molecule has 1 heterocycles. The van der Waals surface area contributed by atoms with Gasteiger partial charge in [-0.2, -0.15) is 4.31 Å². The third-order valence-corrected chi connectivity index (χ3v) is 6.47. The van der Waals surface area contributed by atoms with Crippen molar-refractivity contribution >= 4 is 15.9 Å². The van der Waals surface area contributed by atoms with Gasteiger partial charge in [0.05, 0.1) is 10.9 Å². The Morgan fingerprint density at radius 2 is 1.96 bits per heavy atom. The van der Waals surface area contributed by atoms with E-state index >= 15 is 0 Å². The minimum Gasteiger partial charge on any atom is -0.351 e. The van der Waals surface area contributed by atoms with E-state index in [0.717, 1.165) is 31.4 Å². The van der Waals surface area contributed by atoms with Crippen molar-refractivity contribution in [1.29, 1.82) is 0 Å². The molecule has 1 unspecified atom stereocenters. The maximum Gasteiger partial charge on any atom is 0.243 e. The minimum absolute atomic E-state index is 0.00550. The first-order valence-corrected chi connectivity index (χ1v) is 9.84. The lowest BCUT2D eigenvalue weighted by Gasteiger charge is -2.22. The van der Waals surface area contributed by atoms with Gasteiger partial charge >= 0.3 is 0 Å². The quantitative estimate of drug-likeness (QED) is 0.812. The van der Waals surface area contributed by atoms with Crippen molar-refractivity contribution in [2.24, 2.45) is 0 Å². The van der Waals surface area contributed by atoms with Crippen LogP contribution in [0.4, 0.5) is 0 Å². The number of sulfonamides is 1. The zero-order chi connectivity index (χ0) is 17.7. The minimum atomic E-state index is -3.47. The van der Waals surface area contributed by atoms with Gasteiger partial charge in [0.1, 0.15) is 0 Å². The largest absolute Gasteiger partial charge is 0.351 e. The van der Waals surface area contributed by atoms with E-state index in [0.29, 0.717) is 6.54 Å². The van der Waals surface area contributed by atoms with Crippen LogP contribution in [-0.4, -0.2) is 44.3 Å². The van der Waals surface area contributed by atoms with Gasteiger partial charge in [-0.25, -0.2) is 8.42 Å². The number of hydrogen-bond acceptors (Lipinski definition) is 4. The van der Waals surface area contributed by atoms with E-state index in [2.05, 4.69) is 10.6 Å². The van der Waals surface area contributed by atoms with E-state index in [1.165, 1.54) is 4.31 Å². The van der Waals surface area contributed by atoms with Crippen LogP contribution < -0.4 is 10.6 Å². The lowest BCUT2D eigenvalue weighted by molar-refractivity contribution is -0.123.